The molecule has 2 aromatic rings. The molecule has 1 N–H and O–H groups in total. The first-order chi connectivity index (χ1) is 8.24. The van der Waals surface area contributed by atoms with Crippen molar-refractivity contribution < 1.29 is 4.74 Å². The fourth-order valence-electron chi connectivity index (χ4n) is 1.72. The van der Waals surface area contributed by atoms with Crippen LogP contribution in [0.5, 0.6) is 5.75 Å². The van der Waals surface area contributed by atoms with Crippen molar-refractivity contribution in [3.63, 3.8) is 0 Å². The maximum absolute atomic E-state index is 6.08. The second-order valence-corrected chi connectivity index (χ2v) is 4.24. The SMILES string of the molecule is CNCCc1ccc2cc(OC)c(Cl)cc2n1. The summed E-state index contributed by atoms with van der Waals surface area (Å²) in [4.78, 5) is 4.57. The van der Waals surface area contributed by atoms with Crippen molar-refractivity contribution in [1.29, 1.82) is 0 Å². The number of pyridine rings is 1. The second-order valence-electron chi connectivity index (χ2n) is 3.84. The summed E-state index contributed by atoms with van der Waals surface area (Å²) >= 11 is 6.08. The van der Waals surface area contributed by atoms with Crippen molar-refractivity contribution in [3.05, 3.63) is 35.0 Å². The first-order valence-corrected chi connectivity index (χ1v) is 5.90. The molecule has 17 heavy (non-hydrogen) atoms. The van der Waals surface area contributed by atoms with Gasteiger partial charge in [0, 0.05) is 24.0 Å². The van der Waals surface area contributed by atoms with E-state index in [1.54, 1.807) is 7.11 Å². The summed E-state index contributed by atoms with van der Waals surface area (Å²) in [5.74, 6) is 0.684. The van der Waals surface area contributed by atoms with Gasteiger partial charge < -0.3 is 10.1 Å². The number of nitrogens with one attached hydrogen (secondary N) is 1. The van der Waals surface area contributed by atoms with E-state index in [2.05, 4.69) is 10.3 Å². The van der Waals surface area contributed by atoms with Crippen LogP contribution in [-0.2, 0) is 6.42 Å². The number of hydrogen-bond acceptors (Lipinski definition) is 3. The van der Waals surface area contributed by atoms with E-state index < -0.39 is 0 Å². The van der Waals surface area contributed by atoms with Crippen LogP contribution in [-0.4, -0.2) is 25.7 Å². The van der Waals surface area contributed by atoms with Gasteiger partial charge in [-0.2, -0.15) is 0 Å². The van der Waals surface area contributed by atoms with Crippen molar-refractivity contribution in [2.45, 2.75) is 6.42 Å². The molecule has 4 heteroatoms. The summed E-state index contributed by atoms with van der Waals surface area (Å²) in [7, 11) is 3.55. The quantitative estimate of drug-likeness (QED) is 0.906. The van der Waals surface area contributed by atoms with E-state index in [9.17, 15) is 0 Å². The molecule has 90 valence electrons. The van der Waals surface area contributed by atoms with Crippen LogP contribution in [0.1, 0.15) is 5.69 Å². The van der Waals surface area contributed by atoms with Gasteiger partial charge >= 0.3 is 0 Å². The van der Waals surface area contributed by atoms with Gasteiger partial charge in [-0.25, -0.2) is 0 Å². The average molecular weight is 251 g/mol. The van der Waals surface area contributed by atoms with E-state index in [0.29, 0.717) is 10.8 Å². The van der Waals surface area contributed by atoms with Crippen molar-refractivity contribution in [2.75, 3.05) is 20.7 Å². The van der Waals surface area contributed by atoms with Gasteiger partial charge in [-0.1, -0.05) is 17.7 Å². The number of benzene rings is 1. The molecule has 2 rings (SSSR count). The molecule has 0 atom stereocenters. The second kappa shape index (κ2) is 5.34. The minimum atomic E-state index is 0.596. The smallest absolute Gasteiger partial charge is 0.138 e. The zero-order valence-electron chi connectivity index (χ0n) is 9.96. The lowest BCUT2D eigenvalue weighted by atomic mass is 10.1. The zero-order chi connectivity index (χ0) is 12.3. The van der Waals surface area contributed by atoms with Gasteiger partial charge in [0.25, 0.3) is 0 Å². The lowest BCUT2D eigenvalue weighted by Crippen LogP contribution is -2.11. The van der Waals surface area contributed by atoms with E-state index in [1.807, 2.05) is 31.3 Å². The molecular weight excluding hydrogens is 236 g/mol. The highest BCUT2D eigenvalue weighted by molar-refractivity contribution is 6.32. The highest BCUT2D eigenvalue weighted by atomic mass is 35.5. The molecule has 1 aromatic heterocycles. The zero-order valence-corrected chi connectivity index (χ0v) is 10.7. The summed E-state index contributed by atoms with van der Waals surface area (Å²) in [6.45, 7) is 0.919. The standard InChI is InChI=1S/C13H15ClN2O/c1-15-6-5-10-4-3-9-7-13(17-2)11(14)8-12(9)16-10/h3-4,7-8,15H,5-6H2,1-2H3. The number of likely N-dealkylation sites (N-methyl/N-ethyl adjacent to an activating group) is 1. The summed E-state index contributed by atoms with van der Waals surface area (Å²) < 4.78 is 5.18. The van der Waals surface area contributed by atoms with Gasteiger partial charge in [-0.05, 0) is 25.2 Å². The number of methoxy groups -OCH3 is 1. The Kier molecular flexibility index (Phi) is 3.82. The Balaban J connectivity index is 2.40. The number of nitrogens with zero attached hydrogens (tertiary/aromatic N) is 1. The predicted octanol–water partition coefficient (Wildman–Crippen LogP) is 2.66. The van der Waals surface area contributed by atoms with E-state index in [0.717, 1.165) is 29.6 Å². The van der Waals surface area contributed by atoms with Gasteiger partial charge in [0.1, 0.15) is 5.75 Å². The van der Waals surface area contributed by atoms with E-state index in [1.165, 1.54) is 0 Å². The van der Waals surface area contributed by atoms with Gasteiger partial charge in [0.15, 0.2) is 0 Å². The van der Waals surface area contributed by atoms with Crippen molar-refractivity contribution in [3.8, 4) is 5.75 Å². The lowest BCUT2D eigenvalue weighted by molar-refractivity contribution is 0.415. The molecule has 0 amide bonds. The van der Waals surface area contributed by atoms with E-state index >= 15 is 0 Å². The Morgan fingerprint density at radius 1 is 1.35 bits per heavy atom. The number of hydrogen-bond donors (Lipinski definition) is 1. The van der Waals surface area contributed by atoms with Gasteiger partial charge in [0.05, 0.1) is 17.6 Å². The molecule has 0 aliphatic rings. The van der Waals surface area contributed by atoms with Crippen LogP contribution in [0.4, 0.5) is 0 Å². The number of aromatic nitrogens is 1. The van der Waals surface area contributed by atoms with Crippen LogP contribution in [0.3, 0.4) is 0 Å². The summed E-state index contributed by atoms with van der Waals surface area (Å²) in [6, 6.07) is 7.84. The van der Waals surface area contributed by atoms with Crippen LogP contribution >= 0.6 is 11.6 Å². The Labute approximate surface area is 106 Å². The van der Waals surface area contributed by atoms with Crippen LogP contribution in [0.2, 0.25) is 5.02 Å². The molecule has 0 fully saturated rings. The summed E-state index contributed by atoms with van der Waals surface area (Å²) in [6.07, 6.45) is 0.913. The van der Waals surface area contributed by atoms with Gasteiger partial charge in [0.2, 0.25) is 0 Å². The number of rotatable bonds is 4. The fourth-order valence-corrected chi connectivity index (χ4v) is 1.95. The van der Waals surface area contributed by atoms with Crippen LogP contribution in [0.25, 0.3) is 10.9 Å². The topological polar surface area (TPSA) is 34.1 Å². The minimum Gasteiger partial charge on any atom is -0.495 e. The first kappa shape index (κ1) is 12.1. The number of halogens is 1. The number of fused-ring (bicyclic) bond motifs is 1. The van der Waals surface area contributed by atoms with Crippen molar-refractivity contribution >= 4 is 22.5 Å². The van der Waals surface area contributed by atoms with Crippen LogP contribution < -0.4 is 10.1 Å². The maximum atomic E-state index is 6.08. The summed E-state index contributed by atoms with van der Waals surface area (Å²) in [5, 5.41) is 4.74. The third-order valence-corrected chi connectivity index (χ3v) is 2.95. The first-order valence-electron chi connectivity index (χ1n) is 5.52. The van der Waals surface area contributed by atoms with E-state index in [4.69, 9.17) is 16.3 Å². The monoisotopic (exact) mass is 250 g/mol. The largest absolute Gasteiger partial charge is 0.495 e. The molecule has 0 saturated heterocycles. The molecule has 1 aromatic carbocycles. The molecule has 0 bridgehead atoms. The molecule has 0 aliphatic heterocycles. The molecule has 0 radical (unpaired) electrons. The molecular formula is C13H15ClN2O. The third-order valence-electron chi connectivity index (χ3n) is 2.65. The van der Waals surface area contributed by atoms with Crippen LogP contribution in [0.15, 0.2) is 24.3 Å². The lowest BCUT2D eigenvalue weighted by Gasteiger charge is -2.06. The molecule has 3 nitrogen and oxygen atoms in total. The minimum absolute atomic E-state index is 0.596. The summed E-state index contributed by atoms with van der Waals surface area (Å²) in [5.41, 5.74) is 1.97. The Morgan fingerprint density at radius 2 is 2.18 bits per heavy atom. The van der Waals surface area contributed by atoms with Crippen molar-refractivity contribution in [1.82, 2.24) is 10.3 Å². The predicted molar refractivity (Wildman–Crippen MR) is 70.9 cm³/mol. The molecule has 0 saturated carbocycles. The highest BCUT2D eigenvalue weighted by Gasteiger charge is 2.05. The van der Waals surface area contributed by atoms with Gasteiger partial charge in [-0.3, -0.25) is 4.98 Å². The third kappa shape index (κ3) is 2.68. The fraction of sp³-hybridized carbons (Fsp3) is 0.308. The Morgan fingerprint density at radius 3 is 2.88 bits per heavy atom. The maximum Gasteiger partial charge on any atom is 0.138 e. The van der Waals surface area contributed by atoms with Crippen LogP contribution in [0, 0.1) is 0 Å². The molecule has 0 spiro atoms. The molecule has 0 unspecified atom stereocenters. The van der Waals surface area contributed by atoms with E-state index in [-0.39, 0.29) is 0 Å². The molecule has 1 heterocycles. The highest BCUT2D eigenvalue weighted by Crippen LogP contribution is 2.29. The van der Waals surface area contributed by atoms with Crippen molar-refractivity contribution in [2.24, 2.45) is 0 Å². The number of ether oxygens (including phenoxy) is 1. The molecule has 0 aliphatic carbocycles. The average Bonchev–Trinajstić information content (AvgIpc) is 2.35. The normalized spacial score (nSPS) is 10.8. The van der Waals surface area contributed by atoms with Gasteiger partial charge in [-0.15, -0.1) is 0 Å². The Bertz CT molecular complexity index is 528. The Hall–Kier alpha value is -1.32.